The van der Waals surface area contributed by atoms with E-state index in [2.05, 4.69) is 4.74 Å². The zero-order chi connectivity index (χ0) is 23.3. The molecule has 2 rings (SSSR count). The van der Waals surface area contributed by atoms with Gasteiger partial charge in [0.15, 0.2) is 11.9 Å². The third-order valence-electron chi connectivity index (χ3n) is 3.95. The highest BCUT2D eigenvalue weighted by atomic mass is 35.5. The maximum absolute atomic E-state index is 12.7. The van der Waals surface area contributed by atoms with Gasteiger partial charge in [0.25, 0.3) is 5.69 Å². The van der Waals surface area contributed by atoms with Gasteiger partial charge in [-0.2, -0.15) is 13.2 Å². The van der Waals surface area contributed by atoms with E-state index in [0.29, 0.717) is 6.07 Å². The third kappa shape index (κ3) is 6.15. The minimum absolute atomic E-state index is 0.0865. The molecule has 8 nitrogen and oxygen atoms in total. The predicted molar refractivity (Wildman–Crippen MR) is 101 cm³/mol. The van der Waals surface area contributed by atoms with Gasteiger partial charge in [0, 0.05) is 6.07 Å². The van der Waals surface area contributed by atoms with Gasteiger partial charge in [-0.15, -0.1) is 0 Å². The van der Waals surface area contributed by atoms with Crippen LogP contribution in [0.1, 0.15) is 22.8 Å². The highest BCUT2D eigenvalue weighted by molar-refractivity contribution is 6.32. The molecule has 1 unspecified atom stereocenters. The lowest BCUT2D eigenvalue weighted by molar-refractivity contribution is -0.385. The second-order valence-corrected chi connectivity index (χ2v) is 6.49. The van der Waals surface area contributed by atoms with Crippen molar-refractivity contribution in [1.82, 2.24) is 0 Å². The van der Waals surface area contributed by atoms with Crippen molar-refractivity contribution >= 4 is 29.0 Å². The number of ether oxygens (including phenoxy) is 3. The van der Waals surface area contributed by atoms with Gasteiger partial charge in [0.2, 0.25) is 0 Å². The Morgan fingerprint density at radius 1 is 1.19 bits per heavy atom. The Hall–Kier alpha value is -3.18. The van der Waals surface area contributed by atoms with E-state index in [4.69, 9.17) is 21.1 Å². The van der Waals surface area contributed by atoms with Crippen LogP contribution in [0.5, 0.6) is 11.5 Å². The van der Waals surface area contributed by atoms with E-state index in [1.807, 2.05) is 0 Å². The number of carbonyl (C=O) groups is 2. The van der Waals surface area contributed by atoms with Gasteiger partial charge in [0.1, 0.15) is 23.7 Å². The molecule has 1 atom stereocenters. The normalized spacial score (nSPS) is 12.2. The lowest BCUT2D eigenvalue weighted by atomic mass is 10.1. The Morgan fingerprint density at radius 2 is 1.87 bits per heavy atom. The summed E-state index contributed by atoms with van der Waals surface area (Å²) in [4.78, 5) is 34.2. The predicted octanol–water partition coefficient (Wildman–Crippen LogP) is 4.82. The molecule has 2 aromatic rings. The topological polar surface area (TPSA) is 105 Å². The number of alkyl halides is 3. The van der Waals surface area contributed by atoms with Gasteiger partial charge in [-0.1, -0.05) is 11.6 Å². The van der Waals surface area contributed by atoms with Crippen molar-refractivity contribution in [1.29, 1.82) is 0 Å². The molecule has 31 heavy (non-hydrogen) atoms. The molecule has 0 fully saturated rings. The van der Waals surface area contributed by atoms with Crippen LogP contribution in [0.2, 0.25) is 5.02 Å². The minimum atomic E-state index is -4.60. The Bertz CT molecular complexity index is 1010. The summed E-state index contributed by atoms with van der Waals surface area (Å²) in [6.07, 6.45) is -5.69. The number of esters is 1. The summed E-state index contributed by atoms with van der Waals surface area (Å²) in [5, 5.41) is 10.9. The van der Waals surface area contributed by atoms with Crippen LogP contribution in [-0.4, -0.2) is 36.5 Å². The number of Topliss-reactive ketones (excluding diaryl/α,β-unsaturated/α-hetero) is 1. The molecule has 0 aliphatic rings. The maximum Gasteiger partial charge on any atom is 0.416 e. The summed E-state index contributed by atoms with van der Waals surface area (Å²) in [7, 11) is 1.13. The lowest BCUT2D eigenvalue weighted by Crippen LogP contribution is -2.25. The molecule has 0 spiro atoms. The van der Waals surface area contributed by atoms with Crippen molar-refractivity contribution in [2.75, 3.05) is 13.7 Å². The Morgan fingerprint density at radius 3 is 2.42 bits per heavy atom. The summed E-state index contributed by atoms with van der Waals surface area (Å²) in [5.74, 6) is -1.81. The first-order chi connectivity index (χ1) is 14.4. The van der Waals surface area contributed by atoms with Crippen LogP contribution in [0, 0.1) is 10.1 Å². The molecule has 0 aliphatic carbocycles. The summed E-state index contributed by atoms with van der Waals surface area (Å²) >= 11 is 5.83. The highest BCUT2D eigenvalue weighted by Crippen LogP contribution is 2.37. The zero-order valence-electron chi connectivity index (χ0n) is 16.1. The monoisotopic (exact) mass is 461 g/mol. The van der Waals surface area contributed by atoms with Crippen LogP contribution in [0.15, 0.2) is 36.4 Å². The van der Waals surface area contributed by atoms with Gasteiger partial charge in [-0.25, -0.2) is 4.79 Å². The van der Waals surface area contributed by atoms with Crippen molar-refractivity contribution in [2.45, 2.75) is 19.2 Å². The summed E-state index contributed by atoms with van der Waals surface area (Å²) < 4.78 is 53.1. The van der Waals surface area contributed by atoms with Crippen LogP contribution in [0.3, 0.4) is 0 Å². The number of rotatable bonds is 8. The van der Waals surface area contributed by atoms with Crippen LogP contribution >= 0.6 is 11.6 Å². The highest BCUT2D eigenvalue weighted by Gasteiger charge is 2.31. The first-order valence-corrected chi connectivity index (χ1v) is 8.87. The summed E-state index contributed by atoms with van der Waals surface area (Å²) in [6, 6.07) is 5.57. The molecule has 0 aromatic heterocycles. The van der Waals surface area contributed by atoms with E-state index in [1.165, 1.54) is 6.92 Å². The standard InChI is InChI=1S/C19H15ClF3NO7/c1-10(18(26)29-2)30-9-16(25)13-8-12(4-5-15(13)24(27)28)31-17-6-3-11(7-14(17)20)19(21,22)23/h3-8,10H,9H2,1-2H3. The molecular formula is C19H15ClF3NO7. The maximum atomic E-state index is 12.7. The quantitative estimate of drug-likeness (QED) is 0.240. The van der Waals surface area contributed by atoms with Gasteiger partial charge in [-0.05, 0) is 37.3 Å². The molecule has 166 valence electrons. The van der Waals surface area contributed by atoms with Crippen molar-refractivity contribution < 1.29 is 41.9 Å². The van der Waals surface area contributed by atoms with Crippen molar-refractivity contribution in [3.05, 3.63) is 62.7 Å². The van der Waals surface area contributed by atoms with Gasteiger partial charge >= 0.3 is 12.1 Å². The first-order valence-electron chi connectivity index (χ1n) is 8.49. The van der Waals surface area contributed by atoms with Gasteiger partial charge < -0.3 is 14.2 Å². The number of nitro groups is 1. The van der Waals surface area contributed by atoms with Crippen LogP contribution in [-0.2, 0) is 20.4 Å². The molecule has 0 N–H and O–H groups in total. The van der Waals surface area contributed by atoms with Gasteiger partial charge in [-0.3, -0.25) is 14.9 Å². The number of ketones is 1. The molecule has 0 radical (unpaired) electrons. The number of hydrogen-bond acceptors (Lipinski definition) is 7. The molecule has 0 amide bonds. The van der Waals surface area contributed by atoms with Crippen LogP contribution in [0.4, 0.5) is 18.9 Å². The first kappa shape index (κ1) is 24.1. The van der Waals surface area contributed by atoms with Crippen LogP contribution in [0.25, 0.3) is 0 Å². The molecule has 12 heteroatoms. The van der Waals surface area contributed by atoms with E-state index in [-0.39, 0.29) is 22.1 Å². The molecule has 0 saturated carbocycles. The fraction of sp³-hybridized carbons (Fsp3) is 0.263. The third-order valence-corrected chi connectivity index (χ3v) is 4.25. The molecule has 0 bridgehead atoms. The minimum Gasteiger partial charge on any atom is -0.467 e. The Labute approximate surface area is 178 Å². The molecule has 2 aromatic carbocycles. The average molecular weight is 462 g/mol. The molecule has 0 heterocycles. The van der Waals surface area contributed by atoms with Crippen molar-refractivity contribution in [3.8, 4) is 11.5 Å². The molecule has 0 saturated heterocycles. The Balaban J connectivity index is 2.28. The zero-order valence-corrected chi connectivity index (χ0v) is 16.8. The van der Waals surface area contributed by atoms with E-state index in [9.17, 15) is 32.9 Å². The lowest BCUT2D eigenvalue weighted by Gasteiger charge is -2.13. The summed E-state index contributed by atoms with van der Waals surface area (Å²) in [5.41, 5.74) is -1.92. The Kier molecular flexibility index (Phi) is 7.58. The largest absolute Gasteiger partial charge is 0.467 e. The molecule has 0 aliphatic heterocycles. The smallest absolute Gasteiger partial charge is 0.416 e. The number of benzene rings is 2. The van der Waals surface area contributed by atoms with Gasteiger partial charge in [0.05, 0.1) is 22.6 Å². The van der Waals surface area contributed by atoms with E-state index in [0.717, 1.165) is 37.4 Å². The second kappa shape index (κ2) is 9.75. The number of hydrogen-bond donors (Lipinski definition) is 0. The second-order valence-electron chi connectivity index (χ2n) is 6.08. The number of carbonyl (C=O) groups excluding carboxylic acids is 2. The fourth-order valence-corrected chi connectivity index (χ4v) is 2.58. The van der Waals surface area contributed by atoms with E-state index in [1.54, 1.807) is 0 Å². The number of nitro benzene ring substituents is 1. The summed E-state index contributed by atoms with van der Waals surface area (Å²) in [6.45, 7) is 0.668. The SMILES string of the molecule is COC(=O)C(C)OCC(=O)c1cc(Oc2ccc(C(F)(F)F)cc2Cl)ccc1[N+](=O)[O-]. The number of methoxy groups -OCH3 is 1. The van der Waals surface area contributed by atoms with Crippen molar-refractivity contribution in [2.24, 2.45) is 0 Å². The number of nitrogens with zero attached hydrogens (tertiary/aromatic N) is 1. The van der Waals surface area contributed by atoms with E-state index < -0.39 is 46.8 Å². The van der Waals surface area contributed by atoms with Crippen LogP contribution < -0.4 is 4.74 Å². The van der Waals surface area contributed by atoms with Crippen molar-refractivity contribution in [3.63, 3.8) is 0 Å². The average Bonchev–Trinajstić information content (AvgIpc) is 2.71. The fourth-order valence-electron chi connectivity index (χ4n) is 2.36. The van der Waals surface area contributed by atoms with E-state index >= 15 is 0 Å². The molecular weight excluding hydrogens is 447 g/mol. The number of halogens is 4.